The molecule has 5 atom stereocenters. The molecule has 4 aromatic carbocycles. The zero-order valence-electron chi connectivity index (χ0n) is 24.6. The van der Waals surface area contributed by atoms with Crippen molar-refractivity contribution in [2.24, 2.45) is 17.8 Å². The molecule has 4 aromatic rings. The van der Waals surface area contributed by atoms with Crippen LogP contribution in [-0.4, -0.2) is 28.5 Å². The molecule has 2 fully saturated rings. The zero-order valence-corrected chi connectivity index (χ0v) is 25.4. The highest BCUT2D eigenvalue weighted by Gasteiger charge is 2.53. The molecule has 1 aliphatic heterocycles. The summed E-state index contributed by atoms with van der Waals surface area (Å²) in [4.78, 5) is 13.5. The molecule has 1 amide bonds. The molecule has 44 heavy (non-hydrogen) atoms. The second-order valence-corrected chi connectivity index (χ2v) is 13.6. The number of carbonyl (C=O) groups excluding carboxylic acids is 1. The summed E-state index contributed by atoms with van der Waals surface area (Å²) in [6.45, 7) is 0. The molecule has 2 saturated carbocycles. The maximum Gasteiger partial charge on any atom is 0.262 e. The van der Waals surface area contributed by atoms with Gasteiger partial charge in [0.2, 0.25) is 0 Å². The number of fused-ring (bicyclic) bond motifs is 7. The standard InChI is InChI=1S/C35H35N3O5S/c1-42-26-13-17-30(31(20-26)43-2)38-44(40,41)27-14-11-25(12-15-27)36-35(39)24-10-16-29-28(19-24)32-22-8-9-23(18-22)33(32)34(37-29)21-6-4-3-5-7-21/h3-7,10-17,19-20,22-23,32-34,37-38H,8-9,18H2,1-2H3,(H,36,39)/t22-,23-,32-,33+,34-/m0/s1. The number of ether oxygens (including phenoxy) is 2. The second kappa shape index (κ2) is 11.2. The van der Waals surface area contributed by atoms with Crippen LogP contribution in [-0.2, 0) is 10.0 Å². The molecule has 2 aliphatic carbocycles. The third-order valence-corrected chi connectivity index (χ3v) is 11.0. The number of rotatable bonds is 8. The van der Waals surface area contributed by atoms with Crippen LogP contribution in [0, 0.1) is 17.8 Å². The molecule has 2 bridgehead atoms. The van der Waals surface area contributed by atoms with Gasteiger partial charge >= 0.3 is 0 Å². The van der Waals surface area contributed by atoms with Crippen molar-refractivity contribution in [2.45, 2.75) is 36.1 Å². The van der Waals surface area contributed by atoms with Gasteiger partial charge in [0.05, 0.1) is 30.8 Å². The van der Waals surface area contributed by atoms with Crippen LogP contribution < -0.4 is 24.8 Å². The Hall–Kier alpha value is -4.50. The summed E-state index contributed by atoms with van der Waals surface area (Å²) in [6.07, 6.45) is 3.78. The average molecular weight is 610 g/mol. The summed E-state index contributed by atoms with van der Waals surface area (Å²) in [5.74, 6) is 2.96. The highest BCUT2D eigenvalue weighted by molar-refractivity contribution is 7.92. The zero-order chi connectivity index (χ0) is 30.4. The van der Waals surface area contributed by atoms with Gasteiger partial charge in [-0.3, -0.25) is 9.52 Å². The quantitative estimate of drug-likeness (QED) is 0.198. The van der Waals surface area contributed by atoms with E-state index in [-0.39, 0.29) is 16.8 Å². The first-order valence-corrected chi connectivity index (χ1v) is 16.4. The lowest BCUT2D eigenvalue weighted by Gasteiger charge is -2.43. The molecule has 3 N–H and O–H groups in total. The SMILES string of the molecule is COc1ccc(NS(=O)(=O)c2ccc(NC(=O)c3ccc4c(c3)[C@@H]3[C@H]5CC[C@@H](C5)[C@H]3[C@H](c3ccccc3)N4)cc2)c(OC)c1. The van der Waals surface area contributed by atoms with E-state index in [1.54, 1.807) is 30.3 Å². The topological polar surface area (TPSA) is 106 Å². The number of amides is 1. The fraction of sp³-hybridized carbons (Fsp3) is 0.286. The Morgan fingerprint density at radius 1 is 0.864 bits per heavy atom. The first-order chi connectivity index (χ1) is 21.3. The van der Waals surface area contributed by atoms with Crippen LogP contribution in [0.5, 0.6) is 11.5 Å². The van der Waals surface area contributed by atoms with Crippen LogP contribution in [0.1, 0.15) is 52.7 Å². The van der Waals surface area contributed by atoms with Gasteiger partial charge < -0.3 is 20.1 Å². The van der Waals surface area contributed by atoms with Gasteiger partial charge in [0.15, 0.2) is 0 Å². The van der Waals surface area contributed by atoms with Crippen molar-refractivity contribution in [1.82, 2.24) is 0 Å². The number of sulfonamides is 1. The van der Waals surface area contributed by atoms with Gasteiger partial charge in [0.1, 0.15) is 11.5 Å². The minimum atomic E-state index is -3.90. The Labute approximate surface area is 257 Å². The van der Waals surface area contributed by atoms with E-state index in [4.69, 9.17) is 9.47 Å². The summed E-state index contributed by atoms with van der Waals surface area (Å²) in [6, 6.07) is 27.9. The highest BCUT2D eigenvalue weighted by atomic mass is 32.2. The summed E-state index contributed by atoms with van der Waals surface area (Å²) in [7, 11) is -0.917. The van der Waals surface area contributed by atoms with E-state index >= 15 is 0 Å². The molecule has 0 aromatic heterocycles. The van der Waals surface area contributed by atoms with Crippen LogP contribution >= 0.6 is 0 Å². The molecule has 3 aliphatic rings. The van der Waals surface area contributed by atoms with Gasteiger partial charge in [-0.05, 0) is 109 Å². The molecule has 0 spiro atoms. The first kappa shape index (κ1) is 28.3. The van der Waals surface area contributed by atoms with Gasteiger partial charge in [-0.25, -0.2) is 8.42 Å². The number of carbonyl (C=O) groups is 1. The van der Waals surface area contributed by atoms with Crippen molar-refractivity contribution in [3.05, 3.63) is 108 Å². The third kappa shape index (κ3) is 5.05. The van der Waals surface area contributed by atoms with Crippen LogP contribution in [0.4, 0.5) is 17.1 Å². The normalized spacial score (nSPS) is 23.2. The molecule has 0 saturated heterocycles. The fourth-order valence-corrected chi connectivity index (χ4v) is 8.70. The summed E-state index contributed by atoms with van der Waals surface area (Å²) in [5, 5.41) is 6.77. The Morgan fingerprint density at radius 3 is 2.39 bits per heavy atom. The minimum absolute atomic E-state index is 0.0588. The molecular weight excluding hydrogens is 574 g/mol. The van der Waals surface area contributed by atoms with Crippen molar-refractivity contribution in [1.29, 1.82) is 0 Å². The Bertz CT molecular complexity index is 1810. The lowest BCUT2D eigenvalue weighted by Crippen LogP contribution is -2.35. The smallest absolute Gasteiger partial charge is 0.262 e. The largest absolute Gasteiger partial charge is 0.497 e. The number of methoxy groups -OCH3 is 2. The van der Waals surface area contributed by atoms with E-state index in [0.717, 1.165) is 5.69 Å². The van der Waals surface area contributed by atoms with E-state index in [2.05, 4.69) is 51.8 Å². The van der Waals surface area contributed by atoms with Crippen LogP contribution in [0.25, 0.3) is 0 Å². The van der Waals surface area contributed by atoms with Crippen LogP contribution in [0.2, 0.25) is 0 Å². The van der Waals surface area contributed by atoms with Crippen molar-refractivity contribution in [3.8, 4) is 11.5 Å². The number of hydrogen-bond donors (Lipinski definition) is 3. The molecule has 1 heterocycles. The fourth-order valence-electron chi connectivity index (χ4n) is 7.62. The predicted molar refractivity (Wildman–Crippen MR) is 171 cm³/mol. The maximum absolute atomic E-state index is 13.4. The second-order valence-electron chi connectivity index (χ2n) is 11.9. The lowest BCUT2D eigenvalue weighted by molar-refractivity contribution is 0.102. The van der Waals surface area contributed by atoms with E-state index < -0.39 is 10.0 Å². The maximum atomic E-state index is 13.4. The number of benzene rings is 4. The highest BCUT2D eigenvalue weighted by Crippen LogP contribution is 2.63. The summed E-state index contributed by atoms with van der Waals surface area (Å²) >= 11 is 0. The molecule has 9 heteroatoms. The van der Waals surface area contributed by atoms with Gasteiger partial charge in [0.25, 0.3) is 15.9 Å². The van der Waals surface area contributed by atoms with E-state index in [1.165, 1.54) is 56.7 Å². The van der Waals surface area contributed by atoms with Gasteiger partial charge in [-0.1, -0.05) is 30.3 Å². The molecule has 0 unspecified atom stereocenters. The van der Waals surface area contributed by atoms with E-state index in [0.29, 0.717) is 52.1 Å². The Balaban J connectivity index is 1.08. The third-order valence-electron chi connectivity index (χ3n) is 9.58. The Morgan fingerprint density at radius 2 is 1.64 bits per heavy atom. The van der Waals surface area contributed by atoms with Crippen molar-refractivity contribution >= 4 is 33.0 Å². The summed E-state index contributed by atoms with van der Waals surface area (Å²) < 4.78 is 39.2. The van der Waals surface area contributed by atoms with Crippen molar-refractivity contribution in [3.63, 3.8) is 0 Å². The Kier molecular flexibility index (Phi) is 7.20. The van der Waals surface area contributed by atoms with Gasteiger partial charge in [0, 0.05) is 23.0 Å². The van der Waals surface area contributed by atoms with Crippen molar-refractivity contribution < 1.29 is 22.7 Å². The first-order valence-electron chi connectivity index (χ1n) is 15.0. The number of nitrogens with one attached hydrogen (secondary N) is 3. The van der Waals surface area contributed by atoms with Gasteiger partial charge in [-0.2, -0.15) is 0 Å². The minimum Gasteiger partial charge on any atom is -0.497 e. The predicted octanol–water partition coefficient (Wildman–Crippen LogP) is 7.05. The monoisotopic (exact) mass is 609 g/mol. The molecule has 8 nitrogen and oxygen atoms in total. The molecular formula is C35H35N3O5S. The molecule has 226 valence electrons. The molecule has 7 rings (SSSR count). The molecule has 0 radical (unpaired) electrons. The van der Waals surface area contributed by atoms with E-state index in [9.17, 15) is 13.2 Å². The van der Waals surface area contributed by atoms with Gasteiger partial charge in [-0.15, -0.1) is 0 Å². The van der Waals surface area contributed by atoms with Crippen LogP contribution in [0.3, 0.4) is 0 Å². The van der Waals surface area contributed by atoms with Crippen LogP contribution in [0.15, 0.2) is 95.9 Å². The number of anilines is 3. The number of hydrogen-bond acceptors (Lipinski definition) is 6. The summed E-state index contributed by atoms with van der Waals surface area (Å²) in [5.41, 5.74) is 5.07. The van der Waals surface area contributed by atoms with E-state index in [1.807, 2.05) is 12.1 Å². The average Bonchev–Trinajstić information content (AvgIpc) is 3.68. The van der Waals surface area contributed by atoms with Crippen molar-refractivity contribution in [2.75, 3.05) is 29.6 Å². The lowest BCUT2D eigenvalue weighted by atomic mass is 9.68.